The van der Waals surface area contributed by atoms with E-state index in [9.17, 15) is 14.3 Å². The molecule has 1 atom stereocenters. The lowest BCUT2D eigenvalue weighted by molar-refractivity contribution is -0.117. The zero-order chi connectivity index (χ0) is 23.0. The SMILES string of the molecule is CC(=O)N1c2ccc(-c3cnn(C(C)(C)CO)c3)c(Oc3ncc(F)cn3)c2CC[C@@H]1C. The summed E-state index contributed by atoms with van der Waals surface area (Å²) >= 11 is 0. The molecule has 1 amide bonds. The lowest BCUT2D eigenvalue weighted by atomic mass is 9.92. The number of aromatic nitrogens is 4. The molecule has 9 heteroatoms. The number of halogens is 1. The van der Waals surface area contributed by atoms with E-state index in [2.05, 4.69) is 15.1 Å². The average molecular weight is 439 g/mol. The Morgan fingerprint density at radius 2 is 2.00 bits per heavy atom. The molecular formula is C23H26FN5O3. The summed E-state index contributed by atoms with van der Waals surface area (Å²) in [5, 5.41) is 14.1. The van der Waals surface area contributed by atoms with Gasteiger partial charge in [0.05, 0.1) is 36.4 Å². The lowest BCUT2D eigenvalue weighted by Gasteiger charge is -2.35. The van der Waals surface area contributed by atoms with E-state index in [4.69, 9.17) is 4.74 Å². The van der Waals surface area contributed by atoms with Gasteiger partial charge in [0, 0.05) is 35.9 Å². The highest BCUT2D eigenvalue weighted by molar-refractivity contribution is 5.95. The van der Waals surface area contributed by atoms with Crippen LogP contribution in [0.15, 0.2) is 36.9 Å². The lowest BCUT2D eigenvalue weighted by Crippen LogP contribution is -2.40. The van der Waals surface area contributed by atoms with Crippen LogP contribution < -0.4 is 9.64 Å². The van der Waals surface area contributed by atoms with E-state index >= 15 is 0 Å². The maximum atomic E-state index is 13.3. The molecule has 1 aromatic carbocycles. The van der Waals surface area contributed by atoms with Crippen molar-refractivity contribution < 1.29 is 19.0 Å². The Hall–Kier alpha value is -3.33. The quantitative estimate of drug-likeness (QED) is 0.652. The number of amides is 1. The standard InChI is InChI=1S/C23H26FN5O3/c1-14-5-6-19-20(29(14)15(2)31)8-7-18(16-9-27-28(12-16)23(3,4)13-30)21(19)32-22-25-10-17(24)11-26-22/h7-12,14,30H,5-6,13H2,1-4H3/t14-/m0/s1. The summed E-state index contributed by atoms with van der Waals surface area (Å²) in [5.41, 5.74) is 2.58. The second-order valence-electron chi connectivity index (χ2n) is 8.65. The van der Waals surface area contributed by atoms with Crippen molar-refractivity contribution in [2.45, 2.75) is 52.1 Å². The summed E-state index contributed by atoms with van der Waals surface area (Å²) in [6.45, 7) is 7.25. The normalized spacial score (nSPS) is 16.1. The van der Waals surface area contributed by atoms with Gasteiger partial charge in [0.15, 0.2) is 5.82 Å². The predicted molar refractivity (Wildman–Crippen MR) is 117 cm³/mol. The molecular weight excluding hydrogens is 413 g/mol. The van der Waals surface area contributed by atoms with Gasteiger partial charge in [0.1, 0.15) is 5.75 Å². The van der Waals surface area contributed by atoms with Crippen molar-refractivity contribution in [1.82, 2.24) is 19.7 Å². The monoisotopic (exact) mass is 439 g/mol. The van der Waals surface area contributed by atoms with Crippen LogP contribution >= 0.6 is 0 Å². The fraction of sp³-hybridized carbons (Fsp3) is 0.391. The molecule has 0 fully saturated rings. The van der Waals surface area contributed by atoms with Crippen molar-refractivity contribution in [2.24, 2.45) is 0 Å². The van der Waals surface area contributed by atoms with E-state index in [1.54, 1.807) is 22.7 Å². The molecule has 3 heterocycles. The molecule has 1 N–H and O–H groups in total. The summed E-state index contributed by atoms with van der Waals surface area (Å²) < 4.78 is 21.1. The fourth-order valence-corrected chi connectivity index (χ4v) is 3.94. The van der Waals surface area contributed by atoms with E-state index in [1.807, 2.05) is 39.1 Å². The smallest absolute Gasteiger partial charge is 0.322 e. The third-order valence-electron chi connectivity index (χ3n) is 5.78. The number of aliphatic hydroxyl groups excluding tert-OH is 1. The van der Waals surface area contributed by atoms with Gasteiger partial charge in [-0.3, -0.25) is 9.48 Å². The van der Waals surface area contributed by atoms with Crippen LogP contribution in [0, 0.1) is 5.82 Å². The molecule has 0 saturated heterocycles. The summed E-state index contributed by atoms with van der Waals surface area (Å²) in [5.74, 6) is -0.0990. The van der Waals surface area contributed by atoms with Gasteiger partial charge in [-0.1, -0.05) is 0 Å². The van der Waals surface area contributed by atoms with Crippen LogP contribution in [0.3, 0.4) is 0 Å². The van der Waals surface area contributed by atoms with Crippen LogP contribution in [0.25, 0.3) is 11.1 Å². The van der Waals surface area contributed by atoms with E-state index in [0.717, 1.165) is 41.2 Å². The Morgan fingerprint density at radius 3 is 2.66 bits per heavy atom. The highest BCUT2D eigenvalue weighted by Crippen LogP contribution is 2.44. The van der Waals surface area contributed by atoms with Gasteiger partial charge in [-0.15, -0.1) is 0 Å². The Labute approximate surface area is 185 Å². The number of anilines is 1. The Kier molecular flexibility index (Phi) is 5.68. The van der Waals surface area contributed by atoms with Crippen molar-refractivity contribution in [1.29, 1.82) is 0 Å². The fourth-order valence-electron chi connectivity index (χ4n) is 3.94. The number of carbonyl (C=O) groups is 1. The van der Waals surface area contributed by atoms with E-state index in [1.165, 1.54) is 0 Å². The molecule has 168 valence electrons. The van der Waals surface area contributed by atoms with Crippen molar-refractivity contribution in [3.8, 4) is 22.9 Å². The number of rotatable bonds is 5. The molecule has 2 aromatic heterocycles. The van der Waals surface area contributed by atoms with Crippen molar-refractivity contribution in [3.05, 3.63) is 48.3 Å². The molecule has 1 aliphatic rings. The third kappa shape index (κ3) is 3.95. The first-order valence-corrected chi connectivity index (χ1v) is 10.5. The zero-order valence-corrected chi connectivity index (χ0v) is 18.5. The van der Waals surface area contributed by atoms with Gasteiger partial charge >= 0.3 is 6.01 Å². The minimum absolute atomic E-state index is 0.0112. The number of hydrogen-bond donors (Lipinski definition) is 1. The summed E-state index contributed by atoms with van der Waals surface area (Å²) in [7, 11) is 0. The van der Waals surface area contributed by atoms with Crippen molar-refractivity contribution >= 4 is 11.6 Å². The van der Waals surface area contributed by atoms with Gasteiger partial charge in [-0.2, -0.15) is 5.10 Å². The third-order valence-corrected chi connectivity index (χ3v) is 5.78. The molecule has 0 bridgehead atoms. The van der Waals surface area contributed by atoms with Gasteiger partial charge < -0.3 is 14.7 Å². The molecule has 0 saturated carbocycles. The predicted octanol–water partition coefficient (Wildman–Crippen LogP) is 3.69. The maximum Gasteiger partial charge on any atom is 0.322 e. The van der Waals surface area contributed by atoms with Crippen LogP contribution in [0.5, 0.6) is 11.8 Å². The molecule has 0 unspecified atom stereocenters. The van der Waals surface area contributed by atoms with Crippen molar-refractivity contribution in [2.75, 3.05) is 11.5 Å². The first-order valence-electron chi connectivity index (χ1n) is 10.5. The van der Waals surface area contributed by atoms with Crippen LogP contribution in [0.1, 0.15) is 39.7 Å². The van der Waals surface area contributed by atoms with Crippen LogP contribution in [0.4, 0.5) is 10.1 Å². The molecule has 0 aliphatic carbocycles. The number of hydrogen-bond acceptors (Lipinski definition) is 6. The number of aliphatic hydroxyl groups is 1. The molecule has 1 aliphatic heterocycles. The van der Waals surface area contributed by atoms with Crippen LogP contribution in [-0.2, 0) is 16.8 Å². The van der Waals surface area contributed by atoms with Gasteiger partial charge in [0.25, 0.3) is 0 Å². The zero-order valence-electron chi connectivity index (χ0n) is 18.5. The van der Waals surface area contributed by atoms with Gasteiger partial charge in [0.2, 0.25) is 5.91 Å². The number of nitrogens with zero attached hydrogens (tertiary/aromatic N) is 5. The second kappa shape index (κ2) is 8.31. The average Bonchev–Trinajstić information content (AvgIpc) is 3.26. The molecule has 32 heavy (non-hydrogen) atoms. The summed E-state index contributed by atoms with van der Waals surface area (Å²) in [4.78, 5) is 22.0. The summed E-state index contributed by atoms with van der Waals surface area (Å²) in [6, 6.07) is 3.86. The van der Waals surface area contributed by atoms with Crippen LogP contribution in [0.2, 0.25) is 0 Å². The summed E-state index contributed by atoms with van der Waals surface area (Å²) in [6.07, 6.45) is 7.09. The maximum absolute atomic E-state index is 13.3. The largest absolute Gasteiger partial charge is 0.423 e. The number of fused-ring (bicyclic) bond motifs is 1. The first-order chi connectivity index (χ1) is 15.2. The molecule has 3 aromatic rings. The first kappa shape index (κ1) is 21.9. The molecule has 8 nitrogen and oxygen atoms in total. The minimum atomic E-state index is -0.575. The van der Waals surface area contributed by atoms with E-state index in [-0.39, 0.29) is 24.6 Å². The van der Waals surface area contributed by atoms with Crippen molar-refractivity contribution in [3.63, 3.8) is 0 Å². The van der Waals surface area contributed by atoms with E-state index < -0.39 is 11.4 Å². The topological polar surface area (TPSA) is 93.4 Å². The molecule has 0 radical (unpaired) electrons. The van der Waals surface area contributed by atoms with Crippen LogP contribution in [-0.4, -0.2) is 43.4 Å². The molecule has 4 rings (SSSR count). The Balaban J connectivity index is 1.87. The van der Waals surface area contributed by atoms with E-state index in [0.29, 0.717) is 12.2 Å². The van der Waals surface area contributed by atoms with Gasteiger partial charge in [-0.25, -0.2) is 14.4 Å². The number of benzene rings is 1. The highest BCUT2D eigenvalue weighted by Gasteiger charge is 2.31. The minimum Gasteiger partial charge on any atom is -0.423 e. The Bertz CT molecular complexity index is 1140. The second-order valence-corrected chi connectivity index (χ2v) is 8.65. The number of ether oxygens (including phenoxy) is 1. The Morgan fingerprint density at radius 1 is 1.28 bits per heavy atom. The number of carbonyl (C=O) groups excluding carboxylic acids is 1. The molecule has 0 spiro atoms. The highest BCUT2D eigenvalue weighted by atomic mass is 19.1. The van der Waals surface area contributed by atoms with Gasteiger partial charge in [-0.05, 0) is 45.7 Å².